The molecule has 0 saturated carbocycles. The number of nitrogens with one attached hydrogen (secondary N) is 2. The van der Waals surface area contributed by atoms with Crippen LogP contribution in [0, 0.1) is 17.1 Å². The topological polar surface area (TPSA) is 104 Å². The van der Waals surface area contributed by atoms with Gasteiger partial charge in [0.05, 0.1) is 5.56 Å². The highest BCUT2D eigenvalue weighted by molar-refractivity contribution is 6.43. The summed E-state index contributed by atoms with van der Waals surface area (Å²) in [6.45, 7) is 0.688. The molecule has 1 aromatic heterocycles. The largest absolute Gasteiger partial charge is 0.408 e. The maximum Gasteiger partial charge on any atom is 0.408 e. The molecule has 0 aliphatic rings. The molecular weight excluding hydrogens is 396 g/mol. The highest BCUT2D eigenvalue weighted by Gasteiger charge is 2.38. The first-order valence-electron chi connectivity index (χ1n) is 8.03. The van der Waals surface area contributed by atoms with Crippen LogP contribution in [0.5, 0.6) is 0 Å². The van der Waals surface area contributed by atoms with Gasteiger partial charge in [0, 0.05) is 24.5 Å². The van der Waals surface area contributed by atoms with E-state index in [4.69, 9.17) is 5.26 Å². The second-order valence-electron chi connectivity index (χ2n) is 6.05. The van der Waals surface area contributed by atoms with Crippen molar-refractivity contribution in [1.82, 2.24) is 9.88 Å². The second kappa shape index (κ2) is 8.14. The van der Waals surface area contributed by atoms with Gasteiger partial charge in [-0.1, -0.05) is 0 Å². The molecular formula is C18H14F4N4O3. The molecule has 2 amide bonds. The number of carbonyl (C=O) groups is 3. The number of rotatable bonds is 5. The van der Waals surface area contributed by atoms with Crippen LogP contribution in [0.1, 0.15) is 33.3 Å². The number of carbonyl (C=O) groups excluding carboxylic acids is 3. The number of alkyl halides is 3. The number of Topliss-reactive ketones (excluding diaryl/α,β-unsaturated/α-hetero) is 1. The van der Waals surface area contributed by atoms with Crippen molar-refractivity contribution in [3.05, 3.63) is 53.1 Å². The van der Waals surface area contributed by atoms with E-state index in [1.54, 1.807) is 11.4 Å². The lowest BCUT2D eigenvalue weighted by molar-refractivity contribution is -0.156. The van der Waals surface area contributed by atoms with Crippen molar-refractivity contribution in [3.8, 4) is 6.07 Å². The molecule has 1 atom stereocenters. The van der Waals surface area contributed by atoms with E-state index in [-0.39, 0.29) is 22.5 Å². The number of nitriles is 1. The maximum absolute atomic E-state index is 13.3. The van der Waals surface area contributed by atoms with Crippen molar-refractivity contribution in [2.24, 2.45) is 7.05 Å². The highest BCUT2D eigenvalue weighted by atomic mass is 19.4. The summed E-state index contributed by atoms with van der Waals surface area (Å²) in [4.78, 5) is 36.2. The average Bonchev–Trinajstić information content (AvgIpc) is 3.03. The SMILES string of the molecule is CC(NC(=O)C(=O)c1cc(C(=O)Nc2ccc(F)c(C#N)c2)n(C)c1)C(F)(F)F. The van der Waals surface area contributed by atoms with Crippen LogP contribution in [0.25, 0.3) is 0 Å². The van der Waals surface area contributed by atoms with Crippen LogP contribution in [-0.4, -0.2) is 34.4 Å². The van der Waals surface area contributed by atoms with E-state index in [0.29, 0.717) is 6.92 Å². The Morgan fingerprint density at radius 2 is 1.86 bits per heavy atom. The first-order valence-corrected chi connectivity index (χ1v) is 8.03. The molecule has 0 bridgehead atoms. The molecule has 0 radical (unpaired) electrons. The molecule has 2 aromatic rings. The molecule has 0 fully saturated rings. The summed E-state index contributed by atoms with van der Waals surface area (Å²) in [5.41, 5.74) is -0.561. The third kappa shape index (κ3) is 4.98. The standard InChI is InChI=1S/C18H14F4N4O3/c1-9(18(20,21)22)24-17(29)15(27)11-6-14(26(2)8-11)16(28)25-12-3-4-13(19)10(5-12)7-23/h3-6,8-9H,1-2H3,(H,24,29)(H,25,28). The molecule has 1 unspecified atom stereocenters. The number of benzene rings is 1. The van der Waals surface area contributed by atoms with E-state index in [1.165, 1.54) is 17.7 Å². The van der Waals surface area contributed by atoms with Gasteiger partial charge in [-0.2, -0.15) is 18.4 Å². The van der Waals surface area contributed by atoms with Gasteiger partial charge in [-0.3, -0.25) is 14.4 Å². The van der Waals surface area contributed by atoms with Crippen LogP contribution in [0.3, 0.4) is 0 Å². The van der Waals surface area contributed by atoms with Gasteiger partial charge >= 0.3 is 6.18 Å². The normalized spacial score (nSPS) is 12.0. The number of aryl methyl sites for hydroxylation is 1. The van der Waals surface area contributed by atoms with Crippen LogP contribution in [0.2, 0.25) is 0 Å². The fourth-order valence-electron chi connectivity index (χ4n) is 2.27. The molecule has 2 N–H and O–H groups in total. The summed E-state index contributed by atoms with van der Waals surface area (Å²) < 4.78 is 52.1. The Morgan fingerprint density at radius 1 is 1.21 bits per heavy atom. The molecule has 29 heavy (non-hydrogen) atoms. The van der Waals surface area contributed by atoms with Crippen molar-refractivity contribution >= 4 is 23.3 Å². The van der Waals surface area contributed by atoms with Gasteiger partial charge in [-0.05, 0) is 31.2 Å². The number of halogens is 4. The number of anilines is 1. The number of ketones is 1. The molecule has 7 nitrogen and oxygen atoms in total. The van der Waals surface area contributed by atoms with Gasteiger partial charge in [0.2, 0.25) is 0 Å². The Bertz CT molecular complexity index is 1020. The number of aromatic nitrogens is 1. The van der Waals surface area contributed by atoms with E-state index < -0.39 is 35.6 Å². The molecule has 2 rings (SSSR count). The summed E-state index contributed by atoms with van der Waals surface area (Å²) in [6.07, 6.45) is -3.60. The zero-order valence-electron chi connectivity index (χ0n) is 15.1. The van der Waals surface area contributed by atoms with Gasteiger partial charge in [-0.15, -0.1) is 0 Å². The predicted molar refractivity (Wildman–Crippen MR) is 92.5 cm³/mol. The van der Waals surface area contributed by atoms with Crippen molar-refractivity contribution in [3.63, 3.8) is 0 Å². The Hall–Kier alpha value is -3.68. The van der Waals surface area contributed by atoms with Crippen molar-refractivity contribution in [2.45, 2.75) is 19.1 Å². The van der Waals surface area contributed by atoms with Gasteiger partial charge < -0.3 is 15.2 Å². The Kier molecular flexibility index (Phi) is 6.06. The minimum Gasteiger partial charge on any atom is -0.346 e. The Labute approximate surface area is 161 Å². The minimum absolute atomic E-state index is 0.0900. The fourth-order valence-corrected chi connectivity index (χ4v) is 2.27. The Balaban J connectivity index is 2.17. The molecule has 11 heteroatoms. The van der Waals surface area contributed by atoms with E-state index in [1.807, 2.05) is 0 Å². The third-order valence-corrected chi connectivity index (χ3v) is 3.89. The highest BCUT2D eigenvalue weighted by Crippen LogP contribution is 2.20. The summed E-state index contributed by atoms with van der Waals surface area (Å²) in [5.74, 6) is -4.23. The second-order valence-corrected chi connectivity index (χ2v) is 6.05. The van der Waals surface area contributed by atoms with Crippen molar-refractivity contribution < 1.29 is 31.9 Å². The predicted octanol–water partition coefficient (Wildman–Crippen LogP) is 2.54. The summed E-state index contributed by atoms with van der Waals surface area (Å²) in [7, 11) is 1.38. The molecule has 0 aliphatic carbocycles. The molecule has 0 saturated heterocycles. The smallest absolute Gasteiger partial charge is 0.346 e. The minimum atomic E-state index is -4.71. The third-order valence-electron chi connectivity index (χ3n) is 3.89. The summed E-state index contributed by atoms with van der Waals surface area (Å²) in [5, 5.41) is 12.8. The summed E-state index contributed by atoms with van der Waals surface area (Å²) >= 11 is 0. The molecule has 0 aliphatic heterocycles. The lowest BCUT2D eigenvalue weighted by Crippen LogP contribution is -2.45. The fraction of sp³-hybridized carbons (Fsp3) is 0.222. The quantitative estimate of drug-likeness (QED) is 0.449. The van der Waals surface area contributed by atoms with Crippen LogP contribution >= 0.6 is 0 Å². The van der Waals surface area contributed by atoms with Crippen molar-refractivity contribution in [2.75, 3.05) is 5.32 Å². The van der Waals surface area contributed by atoms with Gasteiger partial charge in [0.25, 0.3) is 17.6 Å². The van der Waals surface area contributed by atoms with E-state index in [2.05, 4.69) is 5.32 Å². The zero-order chi connectivity index (χ0) is 21.9. The number of hydrogen-bond donors (Lipinski definition) is 2. The molecule has 1 heterocycles. The number of nitrogens with zero attached hydrogens (tertiary/aromatic N) is 2. The van der Waals surface area contributed by atoms with Gasteiger partial charge in [0.15, 0.2) is 0 Å². The monoisotopic (exact) mass is 410 g/mol. The van der Waals surface area contributed by atoms with E-state index >= 15 is 0 Å². The van der Waals surface area contributed by atoms with Gasteiger partial charge in [0.1, 0.15) is 23.6 Å². The molecule has 0 spiro atoms. The van der Waals surface area contributed by atoms with Crippen LogP contribution in [0.15, 0.2) is 30.5 Å². The average molecular weight is 410 g/mol. The first-order chi connectivity index (χ1) is 13.4. The maximum atomic E-state index is 13.3. The van der Waals surface area contributed by atoms with E-state index in [9.17, 15) is 31.9 Å². The summed E-state index contributed by atoms with van der Waals surface area (Å²) in [6, 6.07) is 3.73. The van der Waals surface area contributed by atoms with Crippen molar-refractivity contribution in [1.29, 1.82) is 5.26 Å². The van der Waals surface area contributed by atoms with Crippen LogP contribution in [-0.2, 0) is 11.8 Å². The van der Waals surface area contributed by atoms with Gasteiger partial charge in [-0.25, -0.2) is 4.39 Å². The molecule has 152 valence electrons. The first kappa shape index (κ1) is 21.6. The van der Waals surface area contributed by atoms with E-state index in [0.717, 1.165) is 24.4 Å². The lowest BCUT2D eigenvalue weighted by Gasteiger charge is -2.16. The zero-order valence-corrected chi connectivity index (χ0v) is 15.1. The Morgan fingerprint density at radius 3 is 2.45 bits per heavy atom. The number of hydrogen-bond acceptors (Lipinski definition) is 4. The lowest BCUT2D eigenvalue weighted by atomic mass is 10.1. The van der Waals surface area contributed by atoms with Crippen LogP contribution < -0.4 is 10.6 Å². The van der Waals surface area contributed by atoms with Crippen LogP contribution in [0.4, 0.5) is 23.2 Å². The molecule has 1 aromatic carbocycles. The number of amides is 2.